The van der Waals surface area contributed by atoms with Crippen molar-refractivity contribution in [3.63, 3.8) is 0 Å². The molecule has 7 atom stereocenters. The summed E-state index contributed by atoms with van der Waals surface area (Å²) in [7, 11) is -0.727. The minimum absolute atomic E-state index is 0.0564. The van der Waals surface area contributed by atoms with Crippen LogP contribution in [0.5, 0.6) is 0 Å². The molecular weight excluding hydrogens is 744 g/mol. The zero-order valence-corrected chi connectivity index (χ0v) is 32.8. The van der Waals surface area contributed by atoms with Gasteiger partial charge < -0.3 is 35.3 Å². The monoisotopic (exact) mass is 792 g/mol. The lowest BCUT2D eigenvalue weighted by molar-refractivity contribution is -0.185. The Morgan fingerprint density at radius 3 is 2.51 bits per heavy atom. The highest BCUT2D eigenvalue weighted by Gasteiger charge is 2.67. The number of halogens is 3. The first-order valence-corrected chi connectivity index (χ1v) is 19.4. The lowest BCUT2D eigenvalue weighted by atomic mass is 9.45. The fraction of sp³-hybridized carbons (Fsp3) is 0.525. The third-order valence-electron chi connectivity index (χ3n) is 12.4. The van der Waals surface area contributed by atoms with E-state index in [1.54, 1.807) is 26.0 Å². The highest BCUT2D eigenvalue weighted by molar-refractivity contribution is 6.47. The maximum Gasteiger partial charge on any atom is 0.481 e. The van der Waals surface area contributed by atoms with Gasteiger partial charge in [0.05, 0.1) is 52.8 Å². The Balaban J connectivity index is 1.15. The Bertz CT molecular complexity index is 2130. The number of nitrogens with zero attached hydrogens (tertiary/aromatic N) is 2. The van der Waals surface area contributed by atoms with Crippen molar-refractivity contribution in [2.75, 3.05) is 17.2 Å². The second-order valence-corrected chi connectivity index (χ2v) is 16.6. The molecule has 3 amide bonds. The Morgan fingerprint density at radius 1 is 1.05 bits per heavy atom. The fourth-order valence-electron chi connectivity index (χ4n) is 9.17. The molecule has 2 aliphatic heterocycles. The number of aromatic nitrogens is 2. The summed E-state index contributed by atoms with van der Waals surface area (Å²) in [6.45, 7) is 11.8. The molecule has 1 saturated heterocycles. The first kappa shape index (κ1) is 40.3. The predicted octanol–water partition coefficient (Wildman–Crippen LogP) is 6.19. The maximum atomic E-state index is 14.4. The number of esters is 1. The standard InChI is InChI=1S/C40H48BF3N6O7/c1-7-30(41-56-31-26-17-24(37(26,3)4)18-39(31,6)57-41)48-32(51)29-19-38(5,49-36(54)47-27-15-10-9-14-25(27)34(53)55-8-2)35-46-21-28(33(52)50(29)35)45-20-22-12-11-13-23(16-22)40(42,43)44/h9-16,21,24,26,29-31,45H,7-8,17-20H2,1-6H3,(H,48,51)(H2,47,49,54)/t24?,26?,29-,30-,31+,38+,39-/m0/s1. The number of ether oxygens (including phenoxy) is 1. The number of amides is 3. The molecule has 1 aromatic heterocycles. The van der Waals surface area contributed by atoms with Crippen LogP contribution >= 0.6 is 0 Å². The molecule has 2 bridgehead atoms. The molecule has 4 fully saturated rings. The van der Waals surface area contributed by atoms with Gasteiger partial charge >= 0.3 is 25.3 Å². The number of fused-ring (bicyclic) bond motifs is 1. The summed E-state index contributed by atoms with van der Waals surface area (Å²) >= 11 is 0. The number of nitrogens with one attached hydrogen (secondary N) is 4. The van der Waals surface area contributed by atoms with E-state index in [1.807, 2.05) is 6.92 Å². The summed E-state index contributed by atoms with van der Waals surface area (Å²) in [5.74, 6) is -0.805. The van der Waals surface area contributed by atoms with Gasteiger partial charge in [-0.3, -0.25) is 14.2 Å². The molecule has 4 N–H and O–H groups in total. The molecule has 57 heavy (non-hydrogen) atoms. The molecule has 8 rings (SSSR count). The third kappa shape index (κ3) is 7.39. The van der Waals surface area contributed by atoms with Gasteiger partial charge in [0.1, 0.15) is 17.6 Å². The highest BCUT2D eigenvalue weighted by Crippen LogP contribution is 2.64. The van der Waals surface area contributed by atoms with Gasteiger partial charge in [0.15, 0.2) is 0 Å². The van der Waals surface area contributed by atoms with Crippen LogP contribution in [0.1, 0.15) is 101 Å². The maximum absolute atomic E-state index is 14.4. The van der Waals surface area contributed by atoms with Crippen molar-refractivity contribution in [3.05, 3.63) is 87.6 Å². The number of hydrogen-bond donors (Lipinski definition) is 4. The highest BCUT2D eigenvalue weighted by atomic mass is 19.4. The Hall–Kier alpha value is -4.90. The summed E-state index contributed by atoms with van der Waals surface area (Å²) in [6.07, 6.45) is -1.15. The van der Waals surface area contributed by atoms with Gasteiger partial charge in [-0.15, -0.1) is 0 Å². The molecule has 2 unspecified atom stereocenters. The Morgan fingerprint density at radius 2 is 1.81 bits per heavy atom. The zero-order chi connectivity index (χ0) is 41.1. The number of anilines is 2. The largest absolute Gasteiger partial charge is 0.481 e. The number of benzene rings is 2. The van der Waals surface area contributed by atoms with Crippen molar-refractivity contribution in [1.82, 2.24) is 20.2 Å². The van der Waals surface area contributed by atoms with Gasteiger partial charge in [-0.25, -0.2) is 14.6 Å². The third-order valence-corrected chi connectivity index (χ3v) is 12.4. The zero-order valence-electron chi connectivity index (χ0n) is 32.8. The van der Waals surface area contributed by atoms with Crippen molar-refractivity contribution < 1.29 is 41.6 Å². The number of urea groups is 1. The first-order chi connectivity index (χ1) is 26.9. The van der Waals surface area contributed by atoms with E-state index in [1.165, 1.54) is 35.0 Å². The van der Waals surface area contributed by atoms with Crippen LogP contribution in [0.15, 0.2) is 59.5 Å². The normalized spacial score (nSPS) is 27.4. The van der Waals surface area contributed by atoms with Crippen LogP contribution in [0.2, 0.25) is 0 Å². The molecule has 2 aromatic carbocycles. The van der Waals surface area contributed by atoms with Crippen molar-refractivity contribution >= 4 is 36.4 Å². The first-order valence-electron chi connectivity index (χ1n) is 19.4. The van der Waals surface area contributed by atoms with Crippen LogP contribution in [0, 0.1) is 17.3 Å². The number of carbonyl (C=O) groups is 3. The molecule has 0 spiro atoms. The molecule has 3 heterocycles. The minimum Gasteiger partial charge on any atom is -0.462 e. The van der Waals surface area contributed by atoms with Gasteiger partial charge in [0.25, 0.3) is 5.56 Å². The number of para-hydroxylation sites is 1. The second-order valence-electron chi connectivity index (χ2n) is 16.6. The van der Waals surface area contributed by atoms with Crippen molar-refractivity contribution in [2.24, 2.45) is 17.3 Å². The molecular formula is C40H48BF3N6O7. The summed E-state index contributed by atoms with van der Waals surface area (Å²) < 4.78 is 59.7. The average Bonchev–Trinajstić information content (AvgIpc) is 3.67. The Kier molecular flexibility index (Phi) is 10.5. The van der Waals surface area contributed by atoms with E-state index < -0.39 is 65.4 Å². The quantitative estimate of drug-likeness (QED) is 0.131. The van der Waals surface area contributed by atoms with Gasteiger partial charge in [-0.05, 0) is 87.1 Å². The van der Waals surface area contributed by atoms with Crippen LogP contribution in [0.4, 0.5) is 29.3 Å². The number of rotatable bonds is 11. The number of alkyl halides is 3. The summed E-state index contributed by atoms with van der Waals surface area (Å²) in [6, 6.07) is 9.13. The summed E-state index contributed by atoms with van der Waals surface area (Å²) in [4.78, 5) is 59.4. The number of hydrogen-bond acceptors (Lipinski definition) is 9. The summed E-state index contributed by atoms with van der Waals surface area (Å²) in [5, 5.41) is 11.5. The van der Waals surface area contributed by atoms with Crippen LogP contribution in [-0.4, -0.2) is 58.8 Å². The molecule has 0 radical (unpaired) electrons. The van der Waals surface area contributed by atoms with Crippen molar-refractivity contribution in [3.8, 4) is 0 Å². The molecule has 304 valence electrons. The molecule has 3 aromatic rings. The van der Waals surface area contributed by atoms with Gasteiger partial charge in [0, 0.05) is 13.0 Å². The molecule has 5 aliphatic rings. The average molecular weight is 793 g/mol. The topological polar surface area (TPSA) is 162 Å². The van der Waals surface area contributed by atoms with E-state index in [2.05, 4.69) is 47.0 Å². The minimum atomic E-state index is -4.55. The van der Waals surface area contributed by atoms with Crippen LogP contribution in [0.25, 0.3) is 0 Å². The van der Waals surface area contributed by atoms with Crippen LogP contribution < -0.4 is 26.8 Å². The van der Waals surface area contributed by atoms with Crippen molar-refractivity contribution in [1.29, 1.82) is 0 Å². The van der Waals surface area contributed by atoms with E-state index in [0.29, 0.717) is 18.3 Å². The smallest absolute Gasteiger partial charge is 0.462 e. The molecule has 3 saturated carbocycles. The SMILES string of the molecule is CCOC(=O)c1ccccc1NC(=O)N[C@]1(C)C[C@@H](C(=O)N[C@@H](CC)B2O[C@@H]3C4CC(C[C@]3(C)O2)C4(C)C)n2c1ncc(NCc1cccc(C(F)(F)F)c1)c2=O. The lowest BCUT2D eigenvalue weighted by Gasteiger charge is -2.63. The van der Waals surface area contributed by atoms with Crippen molar-refractivity contribution in [2.45, 2.75) is 109 Å². The van der Waals surface area contributed by atoms with E-state index in [0.717, 1.165) is 25.0 Å². The molecule has 3 aliphatic carbocycles. The van der Waals surface area contributed by atoms with Gasteiger partial charge in [-0.2, -0.15) is 13.2 Å². The van der Waals surface area contributed by atoms with E-state index in [-0.39, 0.29) is 59.4 Å². The molecule has 17 heteroatoms. The van der Waals surface area contributed by atoms with E-state index in [4.69, 9.17) is 14.0 Å². The van der Waals surface area contributed by atoms with Crippen LogP contribution in [-0.2, 0) is 37.1 Å². The van der Waals surface area contributed by atoms with Crippen LogP contribution in [0.3, 0.4) is 0 Å². The Labute approximate surface area is 329 Å². The number of carbonyl (C=O) groups excluding carboxylic acids is 3. The second kappa shape index (κ2) is 14.8. The fourth-order valence-corrected chi connectivity index (χ4v) is 9.17. The predicted molar refractivity (Wildman–Crippen MR) is 205 cm³/mol. The lowest BCUT2D eigenvalue weighted by Crippen LogP contribution is -2.63. The van der Waals surface area contributed by atoms with Gasteiger partial charge in [-0.1, -0.05) is 45.0 Å². The van der Waals surface area contributed by atoms with E-state index in [9.17, 15) is 32.3 Å². The van der Waals surface area contributed by atoms with E-state index >= 15 is 0 Å². The molecule has 13 nitrogen and oxygen atoms in total. The van der Waals surface area contributed by atoms with Gasteiger partial charge in [0.2, 0.25) is 5.91 Å². The summed E-state index contributed by atoms with van der Waals surface area (Å²) in [5.41, 5.74) is -2.71.